The third-order valence-electron chi connectivity index (χ3n) is 6.26. The second kappa shape index (κ2) is 9.29. The number of hydrogen-bond donors (Lipinski definition) is 1. The van der Waals surface area contributed by atoms with Crippen LogP contribution in [0.1, 0.15) is 42.6 Å². The third-order valence-corrected chi connectivity index (χ3v) is 6.26. The van der Waals surface area contributed by atoms with Crippen molar-refractivity contribution < 1.29 is 19.1 Å². The zero-order valence-electron chi connectivity index (χ0n) is 19.4. The Morgan fingerprint density at radius 1 is 1.18 bits per heavy atom. The summed E-state index contributed by atoms with van der Waals surface area (Å²) in [5, 5.41) is 2.94. The van der Waals surface area contributed by atoms with E-state index in [2.05, 4.69) is 5.32 Å². The largest absolute Gasteiger partial charge is 0.483 e. The second-order valence-electron chi connectivity index (χ2n) is 9.45. The van der Waals surface area contributed by atoms with E-state index < -0.39 is 0 Å². The predicted octanol–water partition coefficient (Wildman–Crippen LogP) is 2.15. The van der Waals surface area contributed by atoms with Gasteiger partial charge in [0.2, 0.25) is 0 Å². The van der Waals surface area contributed by atoms with Crippen LogP contribution in [0.2, 0.25) is 0 Å². The summed E-state index contributed by atoms with van der Waals surface area (Å²) in [5.41, 5.74) is 0.736. The molecule has 0 radical (unpaired) electrons. The van der Waals surface area contributed by atoms with Crippen LogP contribution >= 0.6 is 0 Å². The van der Waals surface area contributed by atoms with E-state index in [0.717, 1.165) is 30.6 Å². The lowest BCUT2D eigenvalue weighted by molar-refractivity contribution is -0.123. The number of piperidine rings is 1. The van der Waals surface area contributed by atoms with Crippen molar-refractivity contribution in [3.8, 4) is 11.5 Å². The number of rotatable bonds is 6. The number of likely N-dealkylation sites (tertiary alicyclic amines) is 1. The number of ether oxygens (including phenoxy) is 2. The monoisotopic (exact) mass is 453 g/mol. The van der Waals surface area contributed by atoms with Gasteiger partial charge in [0.15, 0.2) is 18.1 Å². The summed E-state index contributed by atoms with van der Waals surface area (Å²) in [7, 11) is 1.64. The molecule has 4 rings (SSSR count). The summed E-state index contributed by atoms with van der Waals surface area (Å²) in [4.78, 5) is 39.0. The number of para-hydroxylation sites is 1. The van der Waals surface area contributed by atoms with Crippen molar-refractivity contribution in [2.45, 2.75) is 38.7 Å². The molecule has 2 aliphatic rings. The molecule has 2 aromatic rings. The minimum Gasteiger partial charge on any atom is -0.483 e. The Bertz CT molecular complexity index is 1100. The number of benzene rings is 1. The Morgan fingerprint density at radius 3 is 2.70 bits per heavy atom. The fraction of sp³-hybridized carbons (Fsp3) is 0.480. The average molecular weight is 454 g/mol. The van der Waals surface area contributed by atoms with Gasteiger partial charge in [-0.1, -0.05) is 12.1 Å². The number of aryl methyl sites for hydroxylation is 1. The van der Waals surface area contributed by atoms with Gasteiger partial charge in [0.1, 0.15) is 11.2 Å². The molecule has 0 spiro atoms. The summed E-state index contributed by atoms with van der Waals surface area (Å²) in [6.45, 7) is 5.65. The van der Waals surface area contributed by atoms with Gasteiger partial charge in [0.25, 0.3) is 17.4 Å². The Labute approximate surface area is 193 Å². The SMILES string of the molecule is Cn1cccc(C(=O)N2CCC(CNC(=O)COc3cccc4c3OC(C)(C)C4)CC2)c1=O. The van der Waals surface area contributed by atoms with Gasteiger partial charge in [0.05, 0.1) is 0 Å². The highest BCUT2D eigenvalue weighted by Gasteiger charge is 2.32. The maximum absolute atomic E-state index is 12.7. The van der Waals surface area contributed by atoms with E-state index >= 15 is 0 Å². The Balaban J connectivity index is 1.22. The first-order valence-corrected chi connectivity index (χ1v) is 11.4. The van der Waals surface area contributed by atoms with Gasteiger partial charge in [-0.15, -0.1) is 0 Å². The third kappa shape index (κ3) is 5.21. The zero-order valence-corrected chi connectivity index (χ0v) is 19.4. The average Bonchev–Trinajstić information content (AvgIpc) is 3.12. The summed E-state index contributed by atoms with van der Waals surface area (Å²) in [5.74, 6) is 1.18. The summed E-state index contributed by atoms with van der Waals surface area (Å²) < 4.78 is 13.1. The van der Waals surface area contributed by atoms with Gasteiger partial charge in [0, 0.05) is 44.9 Å². The molecule has 1 aromatic carbocycles. The fourth-order valence-corrected chi connectivity index (χ4v) is 4.42. The van der Waals surface area contributed by atoms with Crippen LogP contribution < -0.4 is 20.3 Å². The molecule has 3 heterocycles. The highest BCUT2D eigenvalue weighted by atomic mass is 16.5. The lowest BCUT2D eigenvalue weighted by atomic mass is 9.96. The first kappa shape index (κ1) is 22.9. The highest BCUT2D eigenvalue weighted by molar-refractivity contribution is 5.93. The number of pyridine rings is 1. The fourth-order valence-electron chi connectivity index (χ4n) is 4.42. The van der Waals surface area contributed by atoms with Crippen LogP contribution in [-0.2, 0) is 18.3 Å². The van der Waals surface area contributed by atoms with Gasteiger partial charge >= 0.3 is 0 Å². The van der Waals surface area contributed by atoms with Crippen molar-refractivity contribution in [2.75, 3.05) is 26.2 Å². The van der Waals surface area contributed by atoms with Crippen molar-refractivity contribution in [3.63, 3.8) is 0 Å². The summed E-state index contributed by atoms with van der Waals surface area (Å²) >= 11 is 0. The number of nitrogens with zero attached hydrogens (tertiary/aromatic N) is 2. The Kier molecular flexibility index (Phi) is 6.44. The number of nitrogens with one attached hydrogen (secondary N) is 1. The number of hydrogen-bond acceptors (Lipinski definition) is 5. The number of carbonyl (C=O) groups is 2. The minimum atomic E-state index is -0.282. The Morgan fingerprint density at radius 2 is 1.94 bits per heavy atom. The number of carbonyl (C=O) groups excluding carboxylic acids is 2. The second-order valence-corrected chi connectivity index (χ2v) is 9.45. The molecule has 1 fully saturated rings. The molecule has 0 unspecified atom stereocenters. The molecular weight excluding hydrogens is 422 g/mol. The molecule has 2 aliphatic heterocycles. The van der Waals surface area contributed by atoms with Crippen LogP contribution in [0.25, 0.3) is 0 Å². The minimum absolute atomic E-state index is 0.0745. The molecule has 1 aromatic heterocycles. The van der Waals surface area contributed by atoms with Gasteiger partial charge in [-0.25, -0.2) is 0 Å². The predicted molar refractivity (Wildman–Crippen MR) is 124 cm³/mol. The molecule has 33 heavy (non-hydrogen) atoms. The van der Waals surface area contributed by atoms with E-state index in [4.69, 9.17) is 9.47 Å². The van der Waals surface area contributed by atoms with Crippen LogP contribution in [0.15, 0.2) is 41.3 Å². The van der Waals surface area contributed by atoms with Crippen LogP contribution in [0, 0.1) is 5.92 Å². The maximum atomic E-state index is 12.7. The topological polar surface area (TPSA) is 89.9 Å². The number of amides is 2. The molecule has 8 nitrogen and oxygen atoms in total. The molecule has 176 valence electrons. The molecule has 2 amide bonds. The van der Waals surface area contributed by atoms with Crippen molar-refractivity contribution in [3.05, 3.63) is 58.0 Å². The smallest absolute Gasteiger partial charge is 0.263 e. The van der Waals surface area contributed by atoms with Crippen LogP contribution in [0.5, 0.6) is 11.5 Å². The molecular formula is C25H31N3O5. The van der Waals surface area contributed by atoms with E-state index in [9.17, 15) is 14.4 Å². The zero-order chi connectivity index (χ0) is 23.6. The van der Waals surface area contributed by atoms with Crippen molar-refractivity contribution in [1.82, 2.24) is 14.8 Å². The molecule has 1 N–H and O–H groups in total. The van der Waals surface area contributed by atoms with Crippen LogP contribution in [0.3, 0.4) is 0 Å². The lowest BCUT2D eigenvalue weighted by Gasteiger charge is -2.32. The van der Waals surface area contributed by atoms with Crippen molar-refractivity contribution in [1.29, 1.82) is 0 Å². The van der Waals surface area contributed by atoms with E-state index in [-0.39, 0.29) is 41.1 Å². The molecule has 0 bridgehead atoms. The van der Waals surface area contributed by atoms with Crippen molar-refractivity contribution in [2.24, 2.45) is 13.0 Å². The van der Waals surface area contributed by atoms with E-state index in [1.165, 1.54) is 4.57 Å². The molecule has 0 atom stereocenters. The van der Waals surface area contributed by atoms with E-state index in [0.29, 0.717) is 25.4 Å². The number of aromatic nitrogens is 1. The maximum Gasteiger partial charge on any atom is 0.263 e. The standard InChI is InChI=1S/C25H31N3O5/c1-25(2)14-18-6-4-8-20(22(18)33-25)32-16-21(29)26-15-17-9-12-28(13-10-17)24(31)19-7-5-11-27(3)23(19)30/h4-8,11,17H,9-10,12-16H2,1-3H3,(H,26,29). The van der Waals surface area contributed by atoms with E-state index in [1.807, 2.05) is 32.0 Å². The van der Waals surface area contributed by atoms with Gasteiger partial charge in [-0.05, 0) is 50.8 Å². The van der Waals surface area contributed by atoms with Gasteiger partial charge < -0.3 is 24.3 Å². The molecule has 1 saturated heterocycles. The van der Waals surface area contributed by atoms with Crippen molar-refractivity contribution >= 4 is 11.8 Å². The summed E-state index contributed by atoms with van der Waals surface area (Å²) in [6.07, 6.45) is 3.99. The van der Waals surface area contributed by atoms with Crippen LogP contribution in [0.4, 0.5) is 0 Å². The lowest BCUT2D eigenvalue weighted by Crippen LogP contribution is -2.43. The molecule has 0 saturated carbocycles. The molecule has 8 heteroatoms. The highest BCUT2D eigenvalue weighted by Crippen LogP contribution is 2.41. The summed E-state index contributed by atoms with van der Waals surface area (Å²) in [6, 6.07) is 9.03. The van der Waals surface area contributed by atoms with E-state index in [1.54, 1.807) is 30.3 Å². The Hall–Kier alpha value is -3.29. The molecule has 0 aliphatic carbocycles. The van der Waals surface area contributed by atoms with Gasteiger partial charge in [-0.2, -0.15) is 0 Å². The first-order valence-electron chi connectivity index (χ1n) is 11.4. The van der Waals surface area contributed by atoms with Crippen LogP contribution in [-0.4, -0.2) is 53.1 Å². The normalized spacial score (nSPS) is 17.2. The quantitative estimate of drug-likeness (QED) is 0.724. The van der Waals surface area contributed by atoms with Gasteiger partial charge in [-0.3, -0.25) is 14.4 Å². The number of fused-ring (bicyclic) bond motifs is 1. The first-order chi connectivity index (χ1) is 15.7.